The number of nitriles is 1. The number of carbonyl (C=O) groups excluding carboxylic acids is 1. The normalized spacial score (nSPS) is 11.8. The van der Waals surface area contributed by atoms with Gasteiger partial charge in [-0.1, -0.05) is 98.1 Å². The van der Waals surface area contributed by atoms with Crippen molar-refractivity contribution in [2.75, 3.05) is 7.11 Å². The van der Waals surface area contributed by atoms with Crippen molar-refractivity contribution in [3.63, 3.8) is 0 Å². The first-order valence-corrected chi connectivity index (χ1v) is 14.0. The lowest BCUT2D eigenvalue weighted by atomic mass is 9.91. The van der Waals surface area contributed by atoms with Gasteiger partial charge < -0.3 is 4.74 Å². The SMILES string of the molecule is COC(=O)CCCCC(/C=C/c1ccccc1CCCCCCc1ccccc1)Cc1cccc(C#N)c1. The summed E-state index contributed by atoms with van der Waals surface area (Å²) in [6.45, 7) is 0. The van der Waals surface area contributed by atoms with E-state index < -0.39 is 0 Å². The average Bonchev–Trinajstić information content (AvgIpc) is 2.96. The number of benzene rings is 3. The predicted octanol–water partition coefficient (Wildman–Crippen LogP) is 8.51. The monoisotopic (exact) mass is 507 g/mol. The molecule has 0 aliphatic heterocycles. The molecule has 198 valence electrons. The van der Waals surface area contributed by atoms with Gasteiger partial charge in [-0.25, -0.2) is 0 Å². The van der Waals surface area contributed by atoms with E-state index in [1.807, 2.05) is 18.2 Å². The highest BCUT2D eigenvalue weighted by Crippen LogP contribution is 2.22. The van der Waals surface area contributed by atoms with Gasteiger partial charge in [0.25, 0.3) is 0 Å². The molecule has 3 aromatic rings. The fraction of sp³-hybridized carbons (Fsp3) is 0.371. The van der Waals surface area contributed by atoms with Crippen LogP contribution in [0.2, 0.25) is 0 Å². The summed E-state index contributed by atoms with van der Waals surface area (Å²) in [5, 5.41) is 9.29. The molecule has 0 spiro atoms. The van der Waals surface area contributed by atoms with Crippen molar-refractivity contribution >= 4 is 12.0 Å². The highest BCUT2D eigenvalue weighted by Gasteiger charge is 2.09. The fourth-order valence-electron chi connectivity index (χ4n) is 4.92. The minimum absolute atomic E-state index is 0.146. The Hall–Kier alpha value is -3.64. The van der Waals surface area contributed by atoms with Crippen LogP contribution in [0, 0.1) is 17.2 Å². The summed E-state index contributed by atoms with van der Waals surface area (Å²) in [5.74, 6) is 0.195. The van der Waals surface area contributed by atoms with Gasteiger partial charge in [-0.2, -0.15) is 5.26 Å². The first-order chi connectivity index (χ1) is 18.7. The molecule has 0 fully saturated rings. The van der Waals surface area contributed by atoms with E-state index in [0.29, 0.717) is 17.9 Å². The molecule has 3 heteroatoms. The molecule has 1 unspecified atom stereocenters. The van der Waals surface area contributed by atoms with E-state index >= 15 is 0 Å². The van der Waals surface area contributed by atoms with Crippen LogP contribution in [0.15, 0.2) is 84.9 Å². The van der Waals surface area contributed by atoms with Crippen molar-refractivity contribution in [3.8, 4) is 6.07 Å². The molecule has 0 aliphatic rings. The summed E-state index contributed by atoms with van der Waals surface area (Å²) in [6.07, 6.45) is 16.0. The summed E-state index contributed by atoms with van der Waals surface area (Å²) in [6, 6.07) is 29.6. The maximum Gasteiger partial charge on any atom is 0.305 e. The van der Waals surface area contributed by atoms with Crippen molar-refractivity contribution in [2.24, 2.45) is 5.92 Å². The molecule has 3 nitrogen and oxygen atoms in total. The lowest BCUT2D eigenvalue weighted by molar-refractivity contribution is -0.140. The van der Waals surface area contributed by atoms with Crippen LogP contribution in [0.3, 0.4) is 0 Å². The Morgan fingerprint density at radius 3 is 2.37 bits per heavy atom. The minimum atomic E-state index is -0.146. The number of methoxy groups -OCH3 is 1. The van der Waals surface area contributed by atoms with Crippen LogP contribution in [0.1, 0.15) is 79.2 Å². The second-order valence-corrected chi connectivity index (χ2v) is 10.1. The number of aryl methyl sites for hydroxylation is 2. The second-order valence-electron chi connectivity index (χ2n) is 10.1. The molecule has 0 saturated heterocycles. The van der Waals surface area contributed by atoms with Crippen LogP contribution in [0.4, 0.5) is 0 Å². The lowest BCUT2D eigenvalue weighted by Gasteiger charge is -2.14. The Labute approximate surface area is 229 Å². The zero-order chi connectivity index (χ0) is 26.8. The van der Waals surface area contributed by atoms with Crippen molar-refractivity contribution in [1.82, 2.24) is 0 Å². The third-order valence-electron chi connectivity index (χ3n) is 7.09. The first-order valence-electron chi connectivity index (χ1n) is 14.0. The molecule has 0 aromatic heterocycles. The van der Waals surface area contributed by atoms with Crippen LogP contribution < -0.4 is 0 Å². The number of allylic oxidation sites excluding steroid dienone is 1. The van der Waals surface area contributed by atoms with E-state index in [4.69, 9.17) is 4.74 Å². The molecule has 0 radical (unpaired) electrons. The Balaban J connectivity index is 1.56. The number of unbranched alkanes of at least 4 members (excludes halogenated alkanes) is 4. The van der Waals surface area contributed by atoms with Gasteiger partial charge in [0, 0.05) is 6.42 Å². The number of hydrogen-bond donors (Lipinski definition) is 0. The highest BCUT2D eigenvalue weighted by atomic mass is 16.5. The maximum absolute atomic E-state index is 11.5. The van der Waals surface area contributed by atoms with E-state index in [1.165, 1.54) is 61.5 Å². The molecule has 0 bridgehead atoms. The number of carbonyl (C=O) groups is 1. The van der Waals surface area contributed by atoms with Crippen LogP contribution in [-0.4, -0.2) is 13.1 Å². The molecule has 0 aliphatic carbocycles. The molecule has 3 rings (SSSR count). The summed E-state index contributed by atoms with van der Waals surface area (Å²) >= 11 is 0. The van der Waals surface area contributed by atoms with Gasteiger partial charge in [0.15, 0.2) is 0 Å². The van der Waals surface area contributed by atoms with E-state index in [1.54, 1.807) is 0 Å². The fourth-order valence-corrected chi connectivity index (χ4v) is 4.92. The minimum Gasteiger partial charge on any atom is -0.469 e. The summed E-state index contributed by atoms with van der Waals surface area (Å²) in [7, 11) is 1.44. The molecule has 0 saturated carbocycles. The number of nitrogens with zero attached hydrogens (tertiary/aromatic N) is 1. The predicted molar refractivity (Wildman–Crippen MR) is 157 cm³/mol. The topological polar surface area (TPSA) is 50.1 Å². The molecule has 0 heterocycles. The highest BCUT2D eigenvalue weighted by molar-refractivity contribution is 5.69. The van der Waals surface area contributed by atoms with Gasteiger partial charge in [-0.3, -0.25) is 4.79 Å². The molecule has 38 heavy (non-hydrogen) atoms. The van der Waals surface area contributed by atoms with Gasteiger partial charge in [0.05, 0.1) is 18.7 Å². The maximum atomic E-state index is 11.5. The number of hydrogen-bond acceptors (Lipinski definition) is 3. The van der Waals surface area contributed by atoms with Gasteiger partial charge in [0.1, 0.15) is 0 Å². The smallest absolute Gasteiger partial charge is 0.305 e. The van der Waals surface area contributed by atoms with Gasteiger partial charge in [0.2, 0.25) is 0 Å². The van der Waals surface area contributed by atoms with Crippen LogP contribution in [-0.2, 0) is 28.8 Å². The molecule has 0 N–H and O–H groups in total. The number of ether oxygens (including phenoxy) is 1. The van der Waals surface area contributed by atoms with Crippen molar-refractivity contribution in [2.45, 2.75) is 70.6 Å². The lowest BCUT2D eigenvalue weighted by Crippen LogP contribution is -2.04. The van der Waals surface area contributed by atoms with Gasteiger partial charge in [-0.15, -0.1) is 0 Å². The number of rotatable bonds is 16. The van der Waals surface area contributed by atoms with Crippen molar-refractivity contribution < 1.29 is 9.53 Å². The third kappa shape index (κ3) is 10.8. The standard InChI is InChI=1S/C35H41NO2/c1-38-35(37)23-12-9-17-30(26-31-18-13-19-32(27-31)28-36)24-25-34-22-11-10-21-33(34)20-8-3-2-5-14-29-15-6-4-7-16-29/h4,6-7,10-11,13,15-16,18-19,21-22,24-25,27,30H,2-3,5,8-9,12,14,17,20,23,26H2,1H3/b25-24+. The van der Waals surface area contributed by atoms with Crippen molar-refractivity contribution in [1.29, 1.82) is 5.26 Å². The second kappa shape index (κ2) is 17.0. The molecule has 0 amide bonds. The molecular weight excluding hydrogens is 466 g/mol. The molecule has 3 aromatic carbocycles. The van der Waals surface area contributed by atoms with Gasteiger partial charge in [-0.05, 0) is 85.3 Å². The molecule has 1 atom stereocenters. The largest absolute Gasteiger partial charge is 0.469 e. The van der Waals surface area contributed by atoms with E-state index in [9.17, 15) is 10.1 Å². The number of esters is 1. The molecular formula is C35H41NO2. The quantitative estimate of drug-likeness (QED) is 0.144. The van der Waals surface area contributed by atoms with Crippen LogP contribution in [0.5, 0.6) is 0 Å². The Morgan fingerprint density at radius 2 is 1.58 bits per heavy atom. The van der Waals surface area contributed by atoms with E-state index in [-0.39, 0.29) is 5.97 Å². The third-order valence-corrected chi connectivity index (χ3v) is 7.09. The Kier molecular flexibility index (Phi) is 12.9. The zero-order valence-corrected chi connectivity index (χ0v) is 22.8. The Morgan fingerprint density at radius 1 is 0.842 bits per heavy atom. The Bertz CT molecular complexity index is 1180. The summed E-state index contributed by atoms with van der Waals surface area (Å²) in [5.41, 5.74) is 6.01. The van der Waals surface area contributed by atoms with Gasteiger partial charge >= 0.3 is 5.97 Å². The van der Waals surface area contributed by atoms with Crippen LogP contribution >= 0.6 is 0 Å². The average molecular weight is 508 g/mol. The summed E-state index contributed by atoms with van der Waals surface area (Å²) in [4.78, 5) is 11.5. The van der Waals surface area contributed by atoms with E-state index in [2.05, 4.69) is 78.9 Å². The first kappa shape index (κ1) is 28.9. The zero-order valence-electron chi connectivity index (χ0n) is 22.8. The van der Waals surface area contributed by atoms with E-state index in [0.717, 1.165) is 32.1 Å². The van der Waals surface area contributed by atoms with Crippen LogP contribution in [0.25, 0.3) is 6.08 Å². The van der Waals surface area contributed by atoms with Crippen molar-refractivity contribution in [3.05, 3.63) is 113 Å². The summed E-state index contributed by atoms with van der Waals surface area (Å²) < 4.78 is 4.79.